The second-order valence-electron chi connectivity index (χ2n) is 6.71. The molecule has 1 aromatic rings. The van der Waals surface area contributed by atoms with E-state index < -0.39 is 79.9 Å². The van der Waals surface area contributed by atoms with Crippen molar-refractivity contribution in [2.75, 3.05) is 13.2 Å². The standard InChI is InChI=1S/C17H26N6O9/c18-9(3-8-4-19-7-20-8)14(28)22-11(5-24)16(30)23-12(6-25)15(29)21-10(17(31)32)1-2-13(26)27/h4,7,9-12,24-25H,1-3,5-6,18H2,(H,19,20)(H,21,29)(H,22,28)(H,23,30)(H,26,27)(H,31,32). The Labute approximate surface area is 181 Å². The summed E-state index contributed by atoms with van der Waals surface area (Å²) in [4.78, 5) is 65.0. The number of nitrogens with two attached hydrogens (primary N) is 1. The van der Waals surface area contributed by atoms with Crippen LogP contribution in [-0.4, -0.2) is 97.4 Å². The Balaban J connectivity index is 2.68. The molecule has 0 saturated heterocycles. The number of nitrogens with one attached hydrogen (secondary N) is 4. The van der Waals surface area contributed by atoms with E-state index in [9.17, 15) is 34.2 Å². The van der Waals surface area contributed by atoms with E-state index in [2.05, 4.69) is 20.6 Å². The number of aromatic nitrogens is 2. The average molecular weight is 458 g/mol. The monoisotopic (exact) mass is 458 g/mol. The van der Waals surface area contributed by atoms with Gasteiger partial charge < -0.3 is 47.1 Å². The van der Waals surface area contributed by atoms with Crippen molar-refractivity contribution in [2.24, 2.45) is 5.73 Å². The van der Waals surface area contributed by atoms with Gasteiger partial charge in [-0.05, 0) is 6.42 Å². The van der Waals surface area contributed by atoms with Gasteiger partial charge in [0.2, 0.25) is 17.7 Å². The van der Waals surface area contributed by atoms with Gasteiger partial charge in [-0.15, -0.1) is 0 Å². The average Bonchev–Trinajstić information content (AvgIpc) is 3.25. The number of carbonyl (C=O) groups excluding carboxylic acids is 3. The maximum Gasteiger partial charge on any atom is 0.326 e. The van der Waals surface area contributed by atoms with E-state index in [1.165, 1.54) is 12.5 Å². The van der Waals surface area contributed by atoms with E-state index in [-0.39, 0.29) is 6.42 Å². The van der Waals surface area contributed by atoms with E-state index in [1.54, 1.807) is 0 Å². The molecule has 178 valence electrons. The van der Waals surface area contributed by atoms with Crippen LogP contribution in [0.1, 0.15) is 18.5 Å². The van der Waals surface area contributed by atoms with Gasteiger partial charge in [-0.25, -0.2) is 9.78 Å². The first-order valence-corrected chi connectivity index (χ1v) is 9.39. The first-order chi connectivity index (χ1) is 15.1. The molecule has 4 unspecified atom stereocenters. The summed E-state index contributed by atoms with van der Waals surface area (Å²) in [5.74, 6) is -5.70. The zero-order valence-corrected chi connectivity index (χ0v) is 16.9. The molecule has 0 saturated carbocycles. The van der Waals surface area contributed by atoms with Crippen LogP contribution < -0.4 is 21.7 Å². The number of amides is 3. The number of nitrogens with zero attached hydrogens (tertiary/aromatic N) is 1. The van der Waals surface area contributed by atoms with Crippen LogP contribution in [0.15, 0.2) is 12.5 Å². The van der Waals surface area contributed by atoms with Crippen LogP contribution in [0.4, 0.5) is 0 Å². The molecule has 15 nitrogen and oxygen atoms in total. The predicted octanol–water partition coefficient (Wildman–Crippen LogP) is -4.33. The molecule has 1 heterocycles. The molecule has 0 radical (unpaired) electrons. The minimum Gasteiger partial charge on any atom is -0.481 e. The summed E-state index contributed by atoms with van der Waals surface area (Å²) in [7, 11) is 0. The third kappa shape index (κ3) is 8.66. The molecule has 10 N–H and O–H groups in total. The second kappa shape index (κ2) is 13.0. The maximum absolute atomic E-state index is 12.3. The first-order valence-electron chi connectivity index (χ1n) is 9.39. The fourth-order valence-corrected chi connectivity index (χ4v) is 2.46. The van der Waals surface area contributed by atoms with E-state index in [4.69, 9.17) is 15.9 Å². The lowest BCUT2D eigenvalue weighted by molar-refractivity contribution is -0.143. The highest BCUT2D eigenvalue weighted by Gasteiger charge is 2.30. The van der Waals surface area contributed by atoms with E-state index in [0.717, 1.165) is 0 Å². The number of imidazole rings is 1. The van der Waals surface area contributed by atoms with Gasteiger partial charge in [0.25, 0.3) is 0 Å². The number of carboxylic acids is 2. The van der Waals surface area contributed by atoms with Crippen molar-refractivity contribution in [1.82, 2.24) is 25.9 Å². The molecule has 0 aromatic carbocycles. The number of carboxylic acid groups (broad SMARTS) is 2. The van der Waals surface area contributed by atoms with Gasteiger partial charge in [0.1, 0.15) is 18.1 Å². The highest BCUT2D eigenvalue weighted by molar-refractivity contribution is 5.94. The first kappa shape index (κ1) is 26.5. The van der Waals surface area contributed by atoms with Crippen molar-refractivity contribution in [2.45, 2.75) is 43.4 Å². The summed E-state index contributed by atoms with van der Waals surface area (Å²) in [6.45, 7) is -1.79. The molecular weight excluding hydrogens is 432 g/mol. The fourth-order valence-electron chi connectivity index (χ4n) is 2.46. The lowest BCUT2D eigenvalue weighted by Gasteiger charge is -2.23. The van der Waals surface area contributed by atoms with Gasteiger partial charge >= 0.3 is 11.9 Å². The molecule has 15 heteroatoms. The normalized spacial score (nSPS) is 14.5. The highest BCUT2D eigenvalue weighted by atomic mass is 16.4. The van der Waals surface area contributed by atoms with E-state index >= 15 is 0 Å². The molecule has 32 heavy (non-hydrogen) atoms. The van der Waals surface area contributed by atoms with Crippen molar-refractivity contribution < 1.29 is 44.4 Å². The van der Waals surface area contributed by atoms with Crippen LogP contribution in [0.25, 0.3) is 0 Å². The van der Waals surface area contributed by atoms with Gasteiger partial charge in [0.05, 0.1) is 25.6 Å². The van der Waals surface area contributed by atoms with Crippen molar-refractivity contribution in [3.8, 4) is 0 Å². The van der Waals surface area contributed by atoms with Crippen molar-refractivity contribution in [3.63, 3.8) is 0 Å². The van der Waals surface area contributed by atoms with Crippen molar-refractivity contribution >= 4 is 29.7 Å². The van der Waals surface area contributed by atoms with Gasteiger partial charge in [-0.2, -0.15) is 0 Å². The molecule has 1 aromatic heterocycles. The van der Waals surface area contributed by atoms with Crippen LogP contribution in [0.2, 0.25) is 0 Å². The SMILES string of the molecule is NC(Cc1cnc[nH]1)C(=O)NC(CO)C(=O)NC(CO)C(=O)NC(CCC(=O)O)C(=O)O. The Kier molecular flexibility index (Phi) is 10.7. The molecule has 0 aliphatic heterocycles. The molecule has 0 fully saturated rings. The molecule has 0 bridgehead atoms. The smallest absolute Gasteiger partial charge is 0.326 e. The molecule has 3 amide bonds. The number of aromatic amines is 1. The Morgan fingerprint density at radius 2 is 1.47 bits per heavy atom. The molecule has 4 atom stereocenters. The quantitative estimate of drug-likeness (QED) is 0.129. The summed E-state index contributed by atoms with van der Waals surface area (Å²) in [5, 5.41) is 42.8. The van der Waals surface area contributed by atoms with E-state index in [0.29, 0.717) is 5.69 Å². The van der Waals surface area contributed by atoms with Gasteiger partial charge in [-0.1, -0.05) is 0 Å². The summed E-state index contributed by atoms with van der Waals surface area (Å²) in [6, 6.07) is -5.79. The molecular formula is C17H26N6O9. The summed E-state index contributed by atoms with van der Waals surface area (Å²) in [6.07, 6.45) is 1.95. The molecule has 0 aliphatic rings. The Morgan fingerprint density at radius 3 is 1.91 bits per heavy atom. The third-order valence-electron chi connectivity index (χ3n) is 4.22. The molecule has 0 aliphatic carbocycles. The second-order valence-corrected chi connectivity index (χ2v) is 6.71. The van der Waals surface area contributed by atoms with Crippen molar-refractivity contribution in [1.29, 1.82) is 0 Å². The maximum atomic E-state index is 12.3. The van der Waals surface area contributed by atoms with Crippen LogP contribution in [0.5, 0.6) is 0 Å². The number of aliphatic hydroxyl groups excluding tert-OH is 2. The van der Waals surface area contributed by atoms with Crippen LogP contribution in [-0.2, 0) is 30.4 Å². The number of aliphatic hydroxyl groups is 2. The lowest BCUT2D eigenvalue weighted by atomic mass is 10.1. The van der Waals surface area contributed by atoms with Crippen LogP contribution >= 0.6 is 0 Å². The van der Waals surface area contributed by atoms with Gasteiger partial charge in [-0.3, -0.25) is 19.2 Å². The lowest BCUT2D eigenvalue weighted by Crippen LogP contribution is -2.59. The Morgan fingerprint density at radius 1 is 0.938 bits per heavy atom. The highest BCUT2D eigenvalue weighted by Crippen LogP contribution is 2.00. The summed E-state index contributed by atoms with van der Waals surface area (Å²) in [5.41, 5.74) is 6.31. The minimum absolute atomic E-state index is 0.0696. The third-order valence-corrected chi connectivity index (χ3v) is 4.22. The number of H-pyrrole nitrogens is 1. The van der Waals surface area contributed by atoms with Gasteiger partial charge in [0, 0.05) is 24.7 Å². The molecule has 1 rings (SSSR count). The summed E-state index contributed by atoms with van der Waals surface area (Å²) < 4.78 is 0. The fraction of sp³-hybridized carbons (Fsp3) is 0.529. The zero-order valence-electron chi connectivity index (χ0n) is 16.9. The number of aliphatic carboxylic acids is 2. The predicted molar refractivity (Wildman–Crippen MR) is 105 cm³/mol. The number of hydrogen-bond acceptors (Lipinski definition) is 9. The summed E-state index contributed by atoms with van der Waals surface area (Å²) >= 11 is 0. The Hall–Kier alpha value is -3.56. The number of rotatable bonds is 14. The van der Waals surface area contributed by atoms with E-state index in [1.807, 2.05) is 5.32 Å². The van der Waals surface area contributed by atoms with Crippen molar-refractivity contribution in [3.05, 3.63) is 18.2 Å². The minimum atomic E-state index is -1.63. The van der Waals surface area contributed by atoms with Gasteiger partial charge in [0.15, 0.2) is 0 Å². The molecule has 0 spiro atoms. The Bertz CT molecular complexity index is 800. The topological polar surface area (TPSA) is 257 Å². The largest absolute Gasteiger partial charge is 0.481 e. The number of carbonyl (C=O) groups is 5. The van der Waals surface area contributed by atoms with Crippen LogP contribution in [0.3, 0.4) is 0 Å². The zero-order chi connectivity index (χ0) is 24.3. The number of hydrogen-bond donors (Lipinski definition) is 9. The van der Waals surface area contributed by atoms with Crippen LogP contribution in [0, 0.1) is 0 Å².